The number of carbonyl (C=O) groups is 3. The normalized spacial score (nSPS) is 20.5. The van der Waals surface area contributed by atoms with Gasteiger partial charge in [0.15, 0.2) is 0 Å². The molecule has 0 spiro atoms. The zero-order valence-corrected chi connectivity index (χ0v) is 16.3. The molecular weight excluding hydrogens is 342 g/mol. The quantitative estimate of drug-likeness (QED) is 0.789. The number of carbonyl (C=O) groups excluding carboxylic acids is 3. The Hall–Kier alpha value is -2.37. The van der Waals surface area contributed by atoms with Crippen LogP contribution in [0.2, 0.25) is 0 Å². The predicted octanol–water partition coefficient (Wildman–Crippen LogP) is 1.55. The van der Waals surface area contributed by atoms with Gasteiger partial charge in [-0.25, -0.2) is 0 Å². The van der Waals surface area contributed by atoms with Gasteiger partial charge in [0.05, 0.1) is 5.92 Å². The minimum Gasteiger partial charge on any atom is -0.339 e. The van der Waals surface area contributed by atoms with Gasteiger partial charge in [-0.2, -0.15) is 0 Å². The van der Waals surface area contributed by atoms with E-state index in [4.69, 9.17) is 0 Å². The summed E-state index contributed by atoms with van der Waals surface area (Å²) >= 11 is 0. The van der Waals surface area contributed by atoms with Crippen molar-refractivity contribution in [3.63, 3.8) is 0 Å². The van der Waals surface area contributed by atoms with E-state index >= 15 is 0 Å². The van der Waals surface area contributed by atoms with Gasteiger partial charge < -0.3 is 14.7 Å². The van der Waals surface area contributed by atoms with Crippen LogP contribution < -0.4 is 0 Å². The van der Waals surface area contributed by atoms with Crippen molar-refractivity contribution < 1.29 is 14.4 Å². The van der Waals surface area contributed by atoms with Crippen LogP contribution in [0.4, 0.5) is 0 Å². The van der Waals surface area contributed by atoms with Crippen molar-refractivity contribution in [3.8, 4) is 0 Å². The van der Waals surface area contributed by atoms with Gasteiger partial charge in [-0.05, 0) is 25.8 Å². The standard InChI is InChI=1S/C21H29N3O3/c1-16(2)24-15-18(14-20(24)26)21(27)23-12-10-22(11-13-23)19(25)9-8-17-6-4-3-5-7-17/h3-7,16,18H,8-15H2,1-2H3. The maximum Gasteiger partial charge on any atom is 0.228 e. The first-order chi connectivity index (χ1) is 13.0. The highest BCUT2D eigenvalue weighted by atomic mass is 16.2. The van der Waals surface area contributed by atoms with Crippen LogP contribution in [-0.4, -0.2) is 71.2 Å². The molecule has 6 heteroatoms. The molecule has 0 saturated carbocycles. The second-order valence-corrected chi connectivity index (χ2v) is 7.73. The van der Waals surface area contributed by atoms with Gasteiger partial charge in [0, 0.05) is 51.6 Å². The van der Waals surface area contributed by atoms with Crippen LogP contribution in [-0.2, 0) is 20.8 Å². The molecule has 0 bridgehead atoms. The molecule has 146 valence electrons. The minimum atomic E-state index is -0.236. The summed E-state index contributed by atoms with van der Waals surface area (Å²) in [6, 6.07) is 10.1. The summed E-state index contributed by atoms with van der Waals surface area (Å²) < 4.78 is 0. The highest BCUT2D eigenvalue weighted by Gasteiger charge is 2.38. The molecule has 3 amide bonds. The average molecular weight is 371 g/mol. The number of hydrogen-bond donors (Lipinski definition) is 0. The van der Waals surface area contributed by atoms with E-state index in [1.165, 1.54) is 5.56 Å². The van der Waals surface area contributed by atoms with Crippen molar-refractivity contribution in [2.45, 2.75) is 39.2 Å². The monoisotopic (exact) mass is 371 g/mol. The fourth-order valence-corrected chi connectivity index (χ4v) is 3.88. The molecule has 2 aliphatic rings. The van der Waals surface area contributed by atoms with Crippen LogP contribution in [0.15, 0.2) is 30.3 Å². The second kappa shape index (κ2) is 8.55. The molecule has 0 radical (unpaired) electrons. The van der Waals surface area contributed by atoms with Crippen molar-refractivity contribution in [1.29, 1.82) is 0 Å². The molecule has 2 heterocycles. The lowest BCUT2D eigenvalue weighted by Crippen LogP contribution is -2.52. The summed E-state index contributed by atoms with van der Waals surface area (Å²) in [7, 11) is 0. The van der Waals surface area contributed by atoms with Gasteiger partial charge >= 0.3 is 0 Å². The SMILES string of the molecule is CC(C)N1CC(C(=O)N2CCN(C(=O)CCc3ccccc3)CC2)CC1=O. The van der Waals surface area contributed by atoms with E-state index in [0.717, 1.165) is 6.42 Å². The molecule has 0 aliphatic carbocycles. The van der Waals surface area contributed by atoms with Crippen LogP contribution in [0.3, 0.4) is 0 Å². The van der Waals surface area contributed by atoms with Crippen molar-refractivity contribution in [1.82, 2.24) is 14.7 Å². The molecule has 1 unspecified atom stereocenters. The third-order valence-corrected chi connectivity index (χ3v) is 5.55. The van der Waals surface area contributed by atoms with Gasteiger partial charge in [0.1, 0.15) is 0 Å². The maximum atomic E-state index is 12.7. The zero-order chi connectivity index (χ0) is 19.4. The van der Waals surface area contributed by atoms with Gasteiger partial charge in [-0.15, -0.1) is 0 Å². The lowest BCUT2D eigenvalue weighted by molar-refractivity contribution is -0.142. The molecule has 2 saturated heterocycles. The van der Waals surface area contributed by atoms with Gasteiger partial charge in [-0.3, -0.25) is 14.4 Å². The maximum absolute atomic E-state index is 12.7. The Morgan fingerprint density at radius 2 is 1.67 bits per heavy atom. The molecular formula is C21H29N3O3. The van der Waals surface area contributed by atoms with E-state index in [-0.39, 0.29) is 29.7 Å². The molecule has 3 rings (SSSR count). The number of likely N-dealkylation sites (tertiary alicyclic amines) is 1. The number of benzene rings is 1. The zero-order valence-electron chi connectivity index (χ0n) is 16.3. The van der Waals surface area contributed by atoms with E-state index in [1.54, 1.807) is 4.90 Å². The lowest BCUT2D eigenvalue weighted by Gasteiger charge is -2.36. The second-order valence-electron chi connectivity index (χ2n) is 7.73. The van der Waals surface area contributed by atoms with Crippen molar-refractivity contribution in [2.75, 3.05) is 32.7 Å². The van der Waals surface area contributed by atoms with Crippen LogP contribution in [0.25, 0.3) is 0 Å². The highest BCUT2D eigenvalue weighted by molar-refractivity contribution is 5.89. The summed E-state index contributed by atoms with van der Waals surface area (Å²) in [6.07, 6.45) is 1.56. The highest BCUT2D eigenvalue weighted by Crippen LogP contribution is 2.23. The Morgan fingerprint density at radius 1 is 1.04 bits per heavy atom. The summed E-state index contributed by atoms with van der Waals surface area (Å²) in [5, 5.41) is 0. The van der Waals surface area contributed by atoms with E-state index in [9.17, 15) is 14.4 Å². The minimum absolute atomic E-state index is 0.0582. The third kappa shape index (κ3) is 4.67. The van der Waals surface area contributed by atoms with Gasteiger partial charge in [0.2, 0.25) is 17.7 Å². The van der Waals surface area contributed by atoms with E-state index in [0.29, 0.717) is 45.6 Å². The van der Waals surface area contributed by atoms with E-state index < -0.39 is 0 Å². The Morgan fingerprint density at radius 3 is 2.26 bits per heavy atom. The summed E-state index contributed by atoms with van der Waals surface area (Å²) in [4.78, 5) is 42.7. The first kappa shape index (κ1) is 19.4. The first-order valence-corrected chi connectivity index (χ1v) is 9.85. The van der Waals surface area contributed by atoms with Crippen LogP contribution >= 0.6 is 0 Å². The number of amides is 3. The van der Waals surface area contributed by atoms with Crippen LogP contribution in [0.5, 0.6) is 0 Å². The molecule has 6 nitrogen and oxygen atoms in total. The molecule has 2 aliphatic heterocycles. The van der Waals surface area contributed by atoms with Crippen molar-refractivity contribution in [3.05, 3.63) is 35.9 Å². The topological polar surface area (TPSA) is 60.9 Å². The Kier molecular flexibility index (Phi) is 6.14. The van der Waals surface area contributed by atoms with Crippen LogP contribution in [0, 0.1) is 5.92 Å². The van der Waals surface area contributed by atoms with E-state index in [1.807, 2.05) is 54.0 Å². The number of nitrogens with zero attached hydrogens (tertiary/aromatic N) is 3. The van der Waals surface area contributed by atoms with Crippen molar-refractivity contribution in [2.24, 2.45) is 5.92 Å². The summed E-state index contributed by atoms with van der Waals surface area (Å²) in [5.74, 6) is 0.0363. The largest absolute Gasteiger partial charge is 0.339 e. The molecule has 1 aromatic rings. The average Bonchev–Trinajstić information content (AvgIpc) is 3.08. The smallest absolute Gasteiger partial charge is 0.228 e. The molecule has 0 N–H and O–H groups in total. The third-order valence-electron chi connectivity index (χ3n) is 5.55. The predicted molar refractivity (Wildman–Crippen MR) is 103 cm³/mol. The van der Waals surface area contributed by atoms with Crippen molar-refractivity contribution >= 4 is 17.7 Å². The van der Waals surface area contributed by atoms with Gasteiger partial charge in [0.25, 0.3) is 0 Å². The van der Waals surface area contributed by atoms with Gasteiger partial charge in [-0.1, -0.05) is 30.3 Å². The Labute approximate surface area is 161 Å². The Balaban J connectivity index is 1.45. The number of aryl methyl sites for hydroxylation is 1. The molecule has 0 aromatic heterocycles. The lowest BCUT2D eigenvalue weighted by atomic mass is 10.1. The first-order valence-electron chi connectivity index (χ1n) is 9.85. The summed E-state index contributed by atoms with van der Waals surface area (Å²) in [6.45, 7) is 6.74. The number of hydrogen-bond acceptors (Lipinski definition) is 3. The number of piperazine rings is 1. The van der Waals surface area contributed by atoms with E-state index in [2.05, 4.69) is 0 Å². The fourth-order valence-electron chi connectivity index (χ4n) is 3.88. The summed E-state index contributed by atoms with van der Waals surface area (Å²) in [5.41, 5.74) is 1.17. The Bertz CT molecular complexity index is 681. The molecule has 27 heavy (non-hydrogen) atoms. The number of rotatable bonds is 5. The van der Waals surface area contributed by atoms with Crippen LogP contribution in [0.1, 0.15) is 32.3 Å². The fraction of sp³-hybridized carbons (Fsp3) is 0.571. The molecule has 2 fully saturated rings. The molecule has 1 atom stereocenters. The molecule has 1 aromatic carbocycles.